The molecule has 4 rings (SSSR count). The predicted molar refractivity (Wildman–Crippen MR) is 133 cm³/mol. The molecule has 7 nitrogen and oxygen atoms in total. The zero-order valence-corrected chi connectivity index (χ0v) is 21.0. The molecule has 0 aliphatic heterocycles. The van der Waals surface area contributed by atoms with Crippen molar-refractivity contribution in [2.75, 3.05) is 12.4 Å². The number of hydrogen-bond acceptors (Lipinski definition) is 6. The lowest BCUT2D eigenvalue weighted by Crippen LogP contribution is -2.38. The number of nitrogens with one attached hydrogen (secondary N) is 1. The maximum Gasteiger partial charge on any atom is 0.256 e. The highest BCUT2D eigenvalue weighted by Crippen LogP contribution is 2.29. The van der Waals surface area contributed by atoms with E-state index in [1.807, 2.05) is 31.2 Å². The predicted octanol–water partition coefficient (Wildman–Crippen LogP) is 5.48. The van der Waals surface area contributed by atoms with E-state index in [0.717, 1.165) is 42.0 Å². The quantitative estimate of drug-likeness (QED) is 0.413. The molecule has 2 aromatic carbocycles. The van der Waals surface area contributed by atoms with Gasteiger partial charge in [-0.15, -0.1) is 11.8 Å². The number of aryl methyl sites for hydroxylation is 1. The van der Waals surface area contributed by atoms with Crippen LogP contribution >= 0.6 is 11.8 Å². The minimum Gasteiger partial charge on any atom is -0.360 e. The van der Waals surface area contributed by atoms with Gasteiger partial charge in [0.1, 0.15) is 5.76 Å². The SMILES string of the molecule is Cc1cc(CSc2ccccc2C(=O)Nc2ccc(S(=O)(=O)N(C)C3CCCCC3)cc2)on1. The topological polar surface area (TPSA) is 92.5 Å². The van der Waals surface area contributed by atoms with Crippen LogP contribution in [0.5, 0.6) is 0 Å². The van der Waals surface area contributed by atoms with Crippen LogP contribution in [-0.2, 0) is 15.8 Å². The molecule has 0 unspecified atom stereocenters. The lowest BCUT2D eigenvalue weighted by Gasteiger charge is -2.30. The molecule has 1 amide bonds. The number of sulfonamides is 1. The Bertz CT molecular complexity index is 1230. The fraction of sp³-hybridized carbons (Fsp3) is 0.360. The number of thioether (sulfide) groups is 1. The molecule has 3 aromatic rings. The molecule has 1 N–H and O–H groups in total. The summed E-state index contributed by atoms with van der Waals surface area (Å²) in [5.41, 5.74) is 1.89. The van der Waals surface area contributed by atoms with Crippen molar-refractivity contribution >= 4 is 33.4 Å². The van der Waals surface area contributed by atoms with E-state index in [9.17, 15) is 13.2 Å². The third kappa shape index (κ3) is 5.71. The molecule has 0 saturated heterocycles. The summed E-state index contributed by atoms with van der Waals surface area (Å²) in [5.74, 6) is 1.05. The van der Waals surface area contributed by atoms with Crippen LogP contribution in [-0.4, -0.2) is 36.9 Å². The van der Waals surface area contributed by atoms with Gasteiger partial charge in [0.05, 0.1) is 21.9 Å². The van der Waals surface area contributed by atoms with Gasteiger partial charge in [-0.2, -0.15) is 4.31 Å². The van der Waals surface area contributed by atoms with E-state index in [0.29, 0.717) is 17.0 Å². The first-order valence-electron chi connectivity index (χ1n) is 11.4. The number of benzene rings is 2. The number of rotatable bonds is 8. The van der Waals surface area contributed by atoms with Crippen molar-refractivity contribution in [1.82, 2.24) is 9.46 Å². The lowest BCUT2D eigenvalue weighted by molar-refractivity contribution is 0.102. The van der Waals surface area contributed by atoms with E-state index in [2.05, 4.69) is 10.5 Å². The Hall–Kier alpha value is -2.62. The van der Waals surface area contributed by atoms with Crippen molar-refractivity contribution in [2.45, 2.75) is 60.6 Å². The van der Waals surface area contributed by atoms with Gasteiger partial charge in [-0.1, -0.05) is 36.6 Å². The summed E-state index contributed by atoms with van der Waals surface area (Å²) in [6.07, 6.45) is 5.09. The van der Waals surface area contributed by atoms with E-state index in [-0.39, 0.29) is 16.8 Å². The summed E-state index contributed by atoms with van der Waals surface area (Å²) in [5, 5.41) is 6.77. The van der Waals surface area contributed by atoms with Gasteiger partial charge in [-0.25, -0.2) is 8.42 Å². The third-order valence-electron chi connectivity index (χ3n) is 6.06. The molecule has 1 fully saturated rings. The van der Waals surface area contributed by atoms with Crippen LogP contribution in [0.15, 0.2) is 68.9 Å². The van der Waals surface area contributed by atoms with Crippen LogP contribution in [0.1, 0.15) is 53.9 Å². The van der Waals surface area contributed by atoms with Crippen LogP contribution in [0.4, 0.5) is 5.69 Å². The van der Waals surface area contributed by atoms with Crippen molar-refractivity contribution < 1.29 is 17.7 Å². The number of amides is 1. The van der Waals surface area contributed by atoms with Crippen LogP contribution in [0.3, 0.4) is 0 Å². The number of anilines is 1. The first kappa shape index (κ1) is 24.5. The molecule has 1 aliphatic carbocycles. The highest BCUT2D eigenvalue weighted by molar-refractivity contribution is 7.98. The average molecular weight is 500 g/mol. The second kappa shape index (κ2) is 10.8. The minimum absolute atomic E-state index is 0.0491. The Balaban J connectivity index is 1.43. The summed E-state index contributed by atoms with van der Waals surface area (Å²) in [4.78, 5) is 14.0. The van der Waals surface area contributed by atoms with Crippen molar-refractivity contribution in [3.63, 3.8) is 0 Å². The molecular weight excluding hydrogens is 470 g/mol. The number of hydrogen-bond donors (Lipinski definition) is 1. The zero-order chi connectivity index (χ0) is 24.1. The second-order valence-electron chi connectivity index (χ2n) is 8.51. The largest absolute Gasteiger partial charge is 0.360 e. The Kier molecular flexibility index (Phi) is 7.75. The van der Waals surface area contributed by atoms with E-state index in [1.54, 1.807) is 37.4 Å². The Morgan fingerprint density at radius 2 is 1.82 bits per heavy atom. The second-order valence-corrected chi connectivity index (χ2v) is 11.5. The summed E-state index contributed by atoms with van der Waals surface area (Å²) in [7, 11) is -1.91. The fourth-order valence-electron chi connectivity index (χ4n) is 4.13. The Morgan fingerprint density at radius 3 is 2.50 bits per heavy atom. The zero-order valence-electron chi connectivity index (χ0n) is 19.4. The first-order chi connectivity index (χ1) is 16.3. The van der Waals surface area contributed by atoms with Crippen LogP contribution in [0, 0.1) is 6.92 Å². The van der Waals surface area contributed by atoms with Crippen molar-refractivity contribution in [2.24, 2.45) is 0 Å². The van der Waals surface area contributed by atoms with Gasteiger partial charge in [-0.3, -0.25) is 4.79 Å². The summed E-state index contributed by atoms with van der Waals surface area (Å²) < 4.78 is 32.8. The molecule has 1 aromatic heterocycles. The summed E-state index contributed by atoms with van der Waals surface area (Å²) >= 11 is 1.50. The van der Waals surface area contributed by atoms with Crippen molar-refractivity contribution in [3.05, 3.63) is 71.6 Å². The minimum atomic E-state index is -3.57. The number of carbonyl (C=O) groups is 1. The highest BCUT2D eigenvalue weighted by Gasteiger charge is 2.29. The van der Waals surface area contributed by atoms with E-state index >= 15 is 0 Å². The van der Waals surface area contributed by atoms with Gasteiger partial charge in [0, 0.05) is 29.7 Å². The van der Waals surface area contributed by atoms with Crippen LogP contribution < -0.4 is 5.32 Å². The van der Waals surface area contributed by atoms with Gasteiger partial charge in [-0.05, 0) is 56.2 Å². The van der Waals surface area contributed by atoms with Gasteiger partial charge in [0.15, 0.2) is 0 Å². The van der Waals surface area contributed by atoms with Gasteiger partial charge >= 0.3 is 0 Å². The molecule has 0 radical (unpaired) electrons. The maximum atomic E-state index is 13.0. The molecule has 180 valence electrons. The van der Waals surface area contributed by atoms with Gasteiger partial charge in [0.2, 0.25) is 10.0 Å². The maximum absolute atomic E-state index is 13.0. The lowest BCUT2D eigenvalue weighted by atomic mass is 9.96. The molecule has 34 heavy (non-hydrogen) atoms. The van der Waals surface area contributed by atoms with Crippen LogP contribution in [0.2, 0.25) is 0 Å². The fourth-order valence-corrected chi connectivity index (χ4v) is 6.47. The van der Waals surface area contributed by atoms with Gasteiger partial charge in [0.25, 0.3) is 5.91 Å². The smallest absolute Gasteiger partial charge is 0.256 e. The van der Waals surface area contributed by atoms with E-state index in [1.165, 1.54) is 22.5 Å². The highest BCUT2D eigenvalue weighted by atomic mass is 32.2. The van der Waals surface area contributed by atoms with Crippen LogP contribution in [0.25, 0.3) is 0 Å². The first-order valence-corrected chi connectivity index (χ1v) is 13.8. The standard InChI is InChI=1S/C25H29N3O4S2/c1-18-16-21(32-27-18)17-33-24-11-7-6-10-23(24)25(29)26-19-12-14-22(15-13-19)34(30,31)28(2)20-8-4-3-5-9-20/h6-7,10-16,20H,3-5,8-9,17H2,1-2H3,(H,26,29). The number of aromatic nitrogens is 1. The van der Waals surface area contributed by atoms with E-state index < -0.39 is 10.0 Å². The molecule has 1 aliphatic rings. The third-order valence-corrected chi connectivity index (χ3v) is 9.08. The molecule has 0 atom stereocenters. The van der Waals surface area contributed by atoms with E-state index in [4.69, 9.17) is 4.52 Å². The van der Waals surface area contributed by atoms with Gasteiger partial charge < -0.3 is 9.84 Å². The van der Waals surface area contributed by atoms with Crippen molar-refractivity contribution in [3.8, 4) is 0 Å². The molecule has 1 saturated carbocycles. The molecule has 0 spiro atoms. The Morgan fingerprint density at radius 1 is 1.12 bits per heavy atom. The molecule has 1 heterocycles. The number of nitrogens with zero attached hydrogens (tertiary/aromatic N) is 2. The molecule has 9 heteroatoms. The monoisotopic (exact) mass is 499 g/mol. The van der Waals surface area contributed by atoms with Crippen molar-refractivity contribution in [1.29, 1.82) is 0 Å². The molecule has 0 bridgehead atoms. The normalized spacial score (nSPS) is 14.9. The molecular formula is C25H29N3O4S2. The summed E-state index contributed by atoms with van der Waals surface area (Å²) in [6, 6.07) is 15.6. The average Bonchev–Trinajstić information content (AvgIpc) is 3.28. The Labute approximate surface area is 205 Å². The number of carbonyl (C=O) groups excluding carboxylic acids is 1. The summed E-state index contributed by atoms with van der Waals surface area (Å²) in [6.45, 7) is 1.86.